The van der Waals surface area contributed by atoms with Crippen molar-refractivity contribution in [3.8, 4) is 0 Å². The highest BCUT2D eigenvalue weighted by Crippen LogP contribution is 2.31. The number of nitrogens with zero attached hydrogens (tertiary/aromatic N) is 6. The van der Waals surface area contributed by atoms with E-state index in [1.165, 1.54) is 11.5 Å². The average Bonchev–Trinajstić information content (AvgIpc) is 3.23. The van der Waals surface area contributed by atoms with E-state index >= 15 is 0 Å². The number of rotatable bonds is 4. The first kappa shape index (κ1) is 18.8. The number of pyridine rings is 1. The first-order valence-corrected chi connectivity index (χ1v) is 10.2. The first-order chi connectivity index (χ1) is 13.2. The van der Waals surface area contributed by atoms with Gasteiger partial charge in [0.25, 0.3) is 5.91 Å². The van der Waals surface area contributed by atoms with Gasteiger partial charge in [-0.25, -0.2) is 9.97 Å². The van der Waals surface area contributed by atoms with Crippen LogP contribution in [0.3, 0.4) is 0 Å². The van der Waals surface area contributed by atoms with Gasteiger partial charge >= 0.3 is 0 Å². The summed E-state index contributed by atoms with van der Waals surface area (Å²) in [6, 6.07) is 2.39. The molecule has 0 aliphatic heterocycles. The number of nitrogens with one attached hydrogen (secondary N) is 1. The molecule has 8 nitrogen and oxygen atoms in total. The highest BCUT2D eigenvalue weighted by molar-refractivity contribution is 7.09. The van der Waals surface area contributed by atoms with E-state index in [0.717, 1.165) is 34.8 Å². The van der Waals surface area contributed by atoms with Gasteiger partial charge in [-0.1, -0.05) is 20.8 Å². The molecular weight excluding hydrogens is 374 g/mol. The Morgan fingerprint density at radius 1 is 1.32 bits per heavy atom. The normalized spacial score (nSPS) is 19.5. The van der Waals surface area contributed by atoms with Gasteiger partial charge in [0.2, 0.25) is 5.13 Å². The summed E-state index contributed by atoms with van der Waals surface area (Å²) in [5.41, 5.74) is 1.33. The molecule has 0 aromatic carbocycles. The van der Waals surface area contributed by atoms with Crippen LogP contribution in [0.1, 0.15) is 49.8 Å². The van der Waals surface area contributed by atoms with Gasteiger partial charge in [0.05, 0.1) is 11.8 Å². The molecule has 0 bridgehead atoms. The fourth-order valence-corrected chi connectivity index (χ4v) is 4.15. The van der Waals surface area contributed by atoms with Crippen LogP contribution in [0.15, 0.2) is 18.5 Å². The Balaban J connectivity index is 1.35. The fourth-order valence-electron chi connectivity index (χ4n) is 3.31. The Morgan fingerprint density at radius 3 is 2.75 bits per heavy atom. The smallest absolute Gasteiger partial charge is 0.255 e. The van der Waals surface area contributed by atoms with E-state index in [9.17, 15) is 4.79 Å². The van der Waals surface area contributed by atoms with E-state index in [2.05, 4.69) is 45.5 Å². The van der Waals surface area contributed by atoms with E-state index < -0.39 is 0 Å². The van der Waals surface area contributed by atoms with Crippen LogP contribution in [0.2, 0.25) is 0 Å². The maximum atomic E-state index is 12.8. The fraction of sp³-hybridized carbons (Fsp3) is 0.526. The van der Waals surface area contributed by atoms with Crippen LogP contribution in [-0.2, 0) is 12.5 Å². The van der Waals surface area contributed by atoms with E-state index in [0.29, 0.717) is 11.6 Å². The molecule has 4 rings (SSSR count). The second kappa shape index (κ2) is 6.80. The van der Waals surface area contributed by atoms with Crippen LogP contribution in [0.4, 0.5) is 5.13 Å². The SMILES string of the molecule is CN(C(=O)c1cnc2c(cnn2C)c1)C1CC(Nc2nc(C(C)(C)C)ns2)C1. The van der Waals surface area contributed by atoms with Crippen molar-refractivity contribution in [2.24, 2.45) is 7.05 Å². The van der Waals surface area contributed by atoms with Gasteiger partial charge in [0.15, 0.2) is 5.65 Å². The lowest BCUT2D eigenvalue weighted by atomic mass is 9.85. The highest BCUT2D eigenvalue weighted by Gasteiger charge is 2.35. The molecule has 3 aromatic heterocycles. The third-order valence-corrected chi connectivity index (χ3v) is 5.87. The van der Waals surface area contributed by atoms with Gasteiger partial charge in [-0.3, -0.25) is 9.48 Å². The number of amides is 1. The third kappa shape index (κ3) is 3.46. The summed E-state index contributed by atoms with van der Waals surface area (Å²) in [5, 5.41) is 9.36. The van der Waals surface area contributed by atoms with Crippen LogP contribution >= 0.6 is 11.5 Å². The van der Waals surface area contributed by atoms with Crippen molar-refractivity contribution in [2.45, 2.75) is 51.1 Å². The molecule has 3 heterocycles. The van der Waals surface area contributed by atoms with Gasteiger partial charge in [-0.05, 0) is 18.9 Å². The minimum absolute atomic E-state index is 0.00682. The molecule has 0 unspecified atom stereocenters. The maximum absolute atomic E-state index is 12.8. The molecule has 0 spiro atoms. The van der Waals surface area contributed by atoms with Gasteiger partial charge in [-0.15, -0.1) is 0 Å². The molecule has 0 atom stereocenters. The Kier molecular flexibility index (Phi) is 4.57. The molecule has 3 aromatic rings. The molecule has 9 heteroatoms. The number of anilines is 1. The van der Waals surface area contributed by atoms with Crippen molar-refractivity contribution >= 4 is 33.6 Å². The van der Waals surface area contributed by atoms with Crippen molar-refractivity contribution < 1.29 is 4.79 Å². The largest absolute Gasteiger partial charge is 0.357 e. The lowest BCUT2D eigenvalue weighted by Crippen LogP contribution is -2.50. The van der Waals surface area contributed by atoms with Crippen LogP contribution < -0.4 is 5.32 Å². The molecule has 28 heavy (non-hydrogen) atoms. The minimum atomic E-state index is -0.0470. The molecule has 1 aliphatic carbocycles. The molecule has 0 saturated heterocycles. The topological polar surface area (TPSA) is 88.8 Å². The van der Waals surface area contributed by atoms with E-state index in [1.807, 2.05) is 25.1 Å². The number of aromatic nitrogens is 5. The van der Waals surface area contributed by atoms with Crippen molar-refractivity contribution in [1.82, 2.24) is 29.0 Å². The molecular formula is C19H25N7OS. The summed E-state index contributed by atoms with van der Waals surface area (Å²) >= 11 is 1.40. The second-order valence-corrected chi connectivity index (χ2v) is 9.21. The number of carbonyl (C=O) groups excluding carboxylic acids is 1. The first-order valence-electron chi connectivity index (χ1n) is 9.38. The number of hydrogen-bond acceptors (Lipinski definition) is 7. The van der Waals surface area contributed by atoms with Crippen molar-refractivity contribution in [3.05, 3.63) is 29.8 Å². The lowest BCUT2D eigenvalue weighted by Gasteiger charge is -2.41. The van der Waals surface area contributed by atoms with E-state index in [4.69, 9.17) is 0 Å². The van der Waals surface area contributed by atoms with Crippen molar-refractivity contribution in [2.75, 3.05) is 12.4 Å². The molecule has 1 fully saturated rings. The summed E-state index contributed by atoms with van der Waals surface area (Å²) in [6.45, 7) is 6.32. The Bertz CT molecular complexity index is 1010. The number of fused-ring (bicyclic) bond motifs is 1. The zero-order valence-corrected chi connectivity index (χ0v) is 17.6. The summed E-state index contributed by atoms with van der Waals surface area (Å²) in [7, 11) is 3.70. The van der Waals surface area contributed by atoms with Crippen molar-refractivity contribution in [1.29, 1.82) is 0 Å². The Labute approximate surface area is 168 Å². The number of hydrogen-bond donors (Lipinski definition) is 1. The quantitative estimate of drug-likeness (QED) is 0.726. The standard InChI is InChI=1S/C19H25N7OS/c1-19(2,3)17-23-18(28-24-17)22-13-7-14(8-13)25(4)16(27)12-6-11-10-21-26(5)15(11)20-9-12/h6,9-10,13-14H,7-8H2,1-5H3,(H,22,23,24). The monoisotopic (exact) mass is 399 g/mol. The molecule has 0 radical (unpaired) electrons. The van der Waals surface area contributed by atoms with E-state index in [1.54, 1.807) is 17.1 Å². The summed E-state index contributed by atoms with van der Waals surface area (Å²) in [5.74, 6) is 0.856. The highest BCUT2D eigenvalue weighted by atomic mass is 32.1. The summed E-state index contributed by atoms with van der Waals surface area (Å²) < 4.78 is 6.14. The third-order valence-electron chi connectivity index (χ3n) is 5.22. The molecule has 1 N–H and O–H groups in total. The zero-order chi connectivity index (χ0) is 20.1. The second-order valence-electron chi connectivity index (χ2n) is 8.46. The number of aryl methyl sites for hydroxylation is 1. The van der Waals surface area contributed by atoms with Crippen LogP contribution in [0.5, 0.6) is 0 Å². The molecule has 1 aliphatic rings. The maximum Gasteiger partial charge on any atom is 0.255 e. The molecule has 1 amide bonds. The summed E-state index contributed by atoms with van der Waals surface area (Å²) in [4.78, 5) is 23.6. The van der Waals surface area contributed by atoms with Crippen LogP contribution in [0, 0.1) is 0 Å². The molecule has 1 saturated carbocycles. The van der Waals surface area contributed by atoms with Gasteiger partial charge in [0.1, 0.15) is 5.82 Å². The van der Waals surface area contributed by atoms with Gasteiger partial charge < -0.3 is 10.2 Å². The number of carbonyl (C=O) groups is 1. The predicted octanol–water partition coefficient (Wildman–Crippen LogP) is 2.83. The van der Waals surface area contributed by atoms with E-state index in [-0.39, 0.29) is 17.4 Å². The zero-order valence-electron chi connectivity index (χ0n) is 16.8. The average molecular weight is 400 g/mol. The Hall–Kier alpha value is -2.55. The minimum Gasteiger partial charge on any atom is -0.357 e. The van der Waals surface area contributed by atoms with Gasteiger partial charge in [0, 0.05) is 54.7 Å². The predicted molar refractivity (Wildman–Crippen MR) is 110 cm³/mol. The van der Waals surface area contributed by atoms with Crippen LogP contribution in [-0.4, -0.2) is 54.1 Å². The van der Waals surface area contributed by atoms with Crippen molar-refractivity contribution in [3.63, 3.8) is 0 Å². The lowest BCUT2D eigenvalue weighted by molar-refractivity contribution is 0.0635. The summed E-state index contributed by atoms with van der Waals surface area (Å²) in [6.07, 6.45) is 5.16. The van der Waals surface area contributed by atoms with Crippen LogP contribution in [0.25, 0.3) is 11.0 Å². The van der Waals surface area contributed by atoms with Gasteiger partial charge in [-0.2, -0.15) is 9.47 Å². The molecule has 148 valence electrons. The Morgan fingerprint density at radius 2 is 2.07 bits per heavy atom.